The third-order valence-corrected chi connectivity index (χ3v) is 3.95. The number of carbonyl (C=O) groups excluding carboxylic acids is 1. The maximum absolute atomic E-state index is 11.1. The number of hydrogen-bond donors (Lipinski definition) is 3. The molecule has 0 spiro atoms. The first-order chi connectivity index (χ1) is 9.33. The molecule has 2 aliphatic rings. The second kappa shape index (κ2) is 5.61. The van der Waals surface area contributed by atoms with E-state index < -0.39 is 0 Å². The van der Waals surface area contributed by atoms with Crippen LogP contribution in [-0.4, -0.2) is 25.0 Å². The highest BCUT2D eigenvalue weighted by atomic mass is 16.1. The summed E-state index contributed by atoms with van der Waals surface area (Å²) >= 11 is 0. The Balaban J connectivity index is 1.56. The van der Waals surface area contributed by atoms with Crippen LogP contribution in [0.15, 0.2) is 18.2 Å². The molecule has 2 aliphatic heterocycles. The van der Waals surface area contributed by atoms with Crippen molar-refractivity contribution in [2.45, 2.75) is 38.3 Å². The maximum atomic E-state index is 11.1. The number of amides is 1. The molecule has 0 saturated carbocycles. The molecule has 1 aromatic rings. The Labute approximate surface area is 114 Å². The van der Waals surface area contributed by atoms with Gasteiger partial charge < -0.3 is 16.0 Å². The molecule has 1 amide bonds. The van der Waals surface area contributed by atoms with Gasteiger partial charge in [0, 0.05) is 37.8 Å². The summed E-state index contributed by atoms with van der Waals surface area (Å²) in [4.78, 5) is 11.1. The minimum absolute atomic E-state index is 0.186. The average molecular weight is 259 g/mol. The number of rotatable bonds is 4. The molecule has 0 aliphatic carbocycles. The molecule has 4 heteroatoms. The number of anilines is 1. The number of benzene rings is 1. The lowest BCUT2D eigenvalue weighted by atomic mass is 9.99. The molecule has 1 fully saturated rings. The fourth-order valence-corrected chi connectivity index (χ4v) is 2.94. The highest BCUT2D eigenvalue weighted by Crippen LogP contribution is 2.25. The summed E-state index contributed by atoms with van der Waals surface area (Å²) in [6.07, 6.45) is 4.03. The van der Waals surface area contributed by atoms with E-state index in [-0.39, 0.29) is 5.91 Å². The Hall–Kier alpha value is -1.55. The van der Waals surface area contributed by atoms with Gasteiger partial charge in [0.05, 0.1) is 0 Å². The van der Waals surface area contributed by atoms with E-state index in [1.165, 1.54) is 29.7 Å². The predicted molar refractivity (Wildman–Crippen MR) is 76.1 cm³/mol. The van der Waals surface area contributed by atoms with Gasteiger partial charge >= 0.3 is 0 Å². The largest absolute Gasteiger partial charge is 0.385 e. The summed E-state index contributed by atoms with van der Waals surface area (Å²) < 4.78 is 0. The summed E-state index contributed by atoms with van der Waals surface area (Å²) in [5, 5.41) is 9.95. The zero-order valence-corrected chi connectivity index (χ0v) is 11.2. The molecule has 102 valence electrons. The van der Waals surface area contributed by atoms with Gasteiger partial charge in [-0.15, -0.1) is 0 Å². The highest BCUT2D eigenvalue weighted by Gasteiger charge is 2.20. The van der Waals surface area contributed by atoms with Crippen LogP contribution in [0.25, 0.3) is 0 Å². The molecule has 1 atom stereocenters. The lowest BCUT2D eigenvalue weighted by Gasteiger charge is -2.21. The molecule has 19 heavy (non-hydrogen) atoms. The van der Waals surface area contributed by atoms with Gasteiger partial charge in [0.1, 0.15) is 0 Å². The third-order valence-electron chi connectivity index (χ3n) is 3.95. The first-order valence-corrected chi connectivity index (χ1v) is 7.17. The maximum Gasteiger partial charge on any atom is 0.220 e. The monoisotopic (exact) mass is 259 g/mol. The van der Waals surface area contributed by atoms with Crippen LogP contribution in [-0.2, 0) is 17.8 Å². The van der Waals surface area contributed by atoms with Gasteiger partial charge in [-0.25, -0.2) is 0 Å². The van der Waals surface area contributed by atoms with E-state index >= 15 is 0 Å². The topological polar surface area (TPSA) is 53.2 Å². The summed E-state index contributed by atoms with van der Waals surface area (Å²) in [6.45, 7) is 2.79. The number of hydrogen-bond acceptors (Lipinski definition) is 3. The molecule has 0 radical (unpaired) electrons. The summed E-state index contributed by atoms with van der Waals surface area (Å²) in [5.74, 6) is 0.186. The van der Waals surface area contributed by atoms with Crippen molar-refractivity contribution < 1.29 is 4.79 Å². The van der Waals surface area contributed by atoms with Crippen LogP contribution >= 0.6 is 0 Å². The molecule has 4 nitrogen and oxygen atoms in total. The average Bonchev–Trinajstić information content (AvgIpc) is 2.85. The second-order valence-electron chi connectivity index (χ2n) is 5.42. The molecule has 2 heterocycles. The summed E-state index contributed by atoms with van der Waals surface area (Å²) in [5.41, 5.74) is 4.08. The Morgan fingerprint density at radius 3 is 3.11 bits per heavy atom. The van der Waals surface area contributed by atoms with Crippen LogP contribution < -0.4 is 16.0 Å². The molecule has 1 unspecified atom stereocenters. The van der Waals surface area contributed by atoms with Gasteiger partial charge in [-0.05, 0) is 30.4 Å². The third kappa shape index (κ3) is 2.89. The summed E-state index contributed by atoms with van der Waals surface area (Å²) in [7, 11) is 0. The molecular formula is C15H21N3O. The Morgan fingerprint density at radius 2 is 2.26 bits per heavy atom. The van der Waals surface area contributed by atoms with Gasteiger partial charge in [-0.2, -0.15) is 0 Å². The Kier molecular flexibility index (Phi) is 3.69. The van der Waals surface area contributed by atoms with E-state index in [2.05, 4.69) is 34.1 Å². The molecule has 0 aromatic heterocycles. The van der Waals surface area contributed by atoms with Crippen LogP contribution in [0.4, 0.5) is 5.69 Å². The lowest BCUT2D eigenvalue weighted by molar-refractivity contribution is -0.119. The molecule has 1 saturated heterocycles. The summed E-state index contributed by atoms with van der Waals surface area (Å²) in [6, 6.07) is 6.83. The van der Waals surface area contributed by atoms with Crippen LogP contribution in [0.2, 0.25) is 0 Å². The Bertz CT molecular complexity index is 472. The quantitative estimate of drug-likeness (QED) is 0.766. The predicted octanol–water partition coefficient (Wildman–Crippen LogP) is 1.41. The van der Waals surface area contributed by atoms with E-state index in [0.717, 1.165) is 26.1 Å². The lowest BCUT2D eigenvalue weighted by Crippen LogP contribution is -2.35. The van der Waals surface area contributed by atoms with Gasteiger partial charge in [-0.1, -0.05) is 18.2 Å². The number of nitrogens with one attached hydrogen (secondary N) is 3. The van der Waals surface area contributed by atoms with Crippen LogP contribution in [0.5, 0.6) is 0 Å². The van der Waals surface area contributed by atoms with E-state index in [4.69, 9.17) is 0 Å². The number of aryl methyl sites for hydroxylation is 1. The van der Waals surface area contributed by atoms with Crippen molar-refractivity contribution in [1.29, 1.82) is 0 Å². The van der Waals surface area contributed by atoms with E-state index in [9.17, 15) is 4.79 Å². The highest BCUT2D eigenvalue weighted by molar-refractivity contribution is 5.78. The van der Waals surface area contributed by atoms with Crippen LogP contribution in [0, 0.1) is 0 Å². The van der Waals surface area contributed by atoms with E-state index in [1.54, 1.807) is 0 Å². The van der Waals surface area contributed by atoms with Crippen molar-refractivity contribution in [3.8, 4) is 0 Å². The minimum atomic E-state index is 0.186. The van der Waals surface area contributed by atoms with Crippen LogP contribution in [0.3, 0.4) is 0 Å². The molecule has 0 bridgehead atoms. The standard InChI is InChI=1S/C15H21N3O/c19-14-7-6-13(18-14)10-16-9-12-4-1-3-11-5-2-8-17-15(11)12/h1,3-4,13,16-17H,2,5-10H2,(H,18,19). The first-order valence-electron chi connectivity index (χ1n) is 7.17. The molecular weight excluding hydrogens is 238 g/mol. The molecule has 3 N–H and O–H groups in total. The number of para-hydroxylation sites is 1. The normalized spacial score (nSPS) is 21.7. The van der Waals surface area contributed by atoms with Gasteiger partial charge in [0.2, 0.25) is 5.91 Å². The van der Waals surface area contributed by atoms with Crippen molar-refractivity contribution in [3.63, 3.8) is 0 Å². The zero-order chi connectivity index (χ0) is 13.1. The minimum Gasteiger partial charge on any atom is -0.385 e. The van der Waals surface area contributed by atoms with Gasteiger partial charge in [0.15, 0.2) is 0 Å². The van der Waals surface area contributed by atoms with Crippen molar-refractivity contribution >= 4 is 11.6 Å². The number of fused-ring (bicyclic) bond motifs is 1. The first kappa shape index (κ1) is 12.5. The van der Waals surface area contributed by atoms with Crippen molar-refractivity contribution in [2.75, 3.05) is 18.4 Å². The fourth-order valence-electron chi connectivity index (χ4n) is 2.94. The van der Waals surface area contributed by atoms with E-state index in [1.807, 2.05) is 0 Å². The SMILES string of the molecule is O=C1CCC(CNCc2cccc3c2NCCC3)N1. The Morgan fingerprint density at radius 1 is 1.32 bits per heavy atom. The zero-order valence-electron chi connectivity index (χ0n) is 11.2. The van der Waals surface area contributed by atoms with E-state index in [0.29, 0.717) is 12.5 Å². The molecule has 1 aromatic carbocycles. The second-order valence-corrected chi connectivity index (χ2v) is 5.42. The van der Waals surface area contributed by atoms with Crippen LogP contribution in [0.1, 0.15) is 30.4 Å². The number of carbonyl (C=O) groups is 1. The van der Waals surface area contributed by atoms with Crippen molar-refractivity contribution in [1.82, 2.24) is 10.6 Å². The smallest absolute Gasteiger partial charge is 0.220 e. The van der Waals surface area contributed by atoms with Gasteiger partial charge in [0.25, 0.3) is 0 Å². The van der Waals surface area contributed by atoms with Gasteiger partial charge in [-0.3, -0.25) is 4.79 Å². The van der Waals surface area contributed by atoms with Crippen molar-refractivity contribution in [3.05, 3.63) is 29.3 Å². The molecule has 3 rings (SSSR count). The fraction of sp³-hybridized carbons (Fsp3) is 0.533. The van der Waals surface area contributed by atoms with Crippen molar-refractivity contribution in [2.24, 2.45) is 0 Å².